The molecular weight excluding hydrogens is 600 g/mol. The molecule has 2 aromatic rings. The summed E-state index contributed by atoms with van der Waals surface area (Å²) in [5, 5.41) is 28.4. The van der Waals surface area contributed by atoms with Gasteiger partial charge in [-0.1, -0.05) is 10.1 Å². The zero-order valence-corrected chi connectivity index (χ0v) is 23.6. The third kappa shape index (κ3) is 6.38. The molecule has 0 spiro atoms. The molecule has 1 saturated heterocycles. The lowest BCUT2D eigenvalue weighted by Gasteiger charge is -2.50. The Morgan fingerprint density at radius 3 is 2.73 bits per heavy atom. The van der Waals surface area contributed by atoms with E-state index in [1.165, 1.54) is 30.1 Å². The Bertz CT molecular complexity index is 1480. The van der Waals surface area contributed by atoms with Crippen LogP contribution in [0.25, 0.3) is 0 Å². The van der Waals surface area contributed by atoms with Gasteiger partial charge in [-0.25, -0.2) is 4.98 Å². The average Bonchev–Trinajstić information content (AvgIpc) is 3.33. The molecule has 3 atom stereocenters. The first kappa shape index (κ1) is 29.7. The first-order valence-corrected chi connectivity index (χ1v) is 14.5. The summed E-state index contributed by atoms with van der Waals surface area (Å²) in [6.07, 6.45) is -1.25. The number of nitrogens with zero attached hydrogens (tertiary/aromatic N) is 5. The smallest absolute Gasteiger partial charge is 0.322 e. The van der Waals surface area contributed by atoms with Gasteiger partial charge in [0.1, 0.15) is 23.2 Å². The Morgan fingerprint density at radius 2 is 2.10 bits per heavy atom. The Balaban J connectivity index is 1.51. The topological polar surface area (TPSA) is 282 Å². The van der Waals surface area contributed by atoms with E-state index in [0.717, 1.165) is 32.7 Å². The number of rotatable bonds is 11. The largest absolute Gasteiger partial charge is 0.543 e. The monoisotopic (exact) mass is 624 g/mol. The Morgan fingerprint density at radius 1 is 1.37 bits per heavy atom. The van der Waals surface area contributed by atoms with Gasteiger partial charge >= 0.3 is 11.1 Å². The van der Waals surface area contributed by atoms with Crippen LogP contribution in [0.4, 0.5) is 16.8 Å². The van der Waals surface area contributed by atoms with E-state index in [2.05, 4.69) is 20.4 Å². The van der Waals surface area contributed by atoms with Gasteiger partial charge in [-0.3, -0.25) is 25.1 Å². The number of hydrogen-bond donors (Lipinski definition) is 6. The maximum atomic E-state index is 13.2. The molecule has 2 aromatic heterocycles. The second-order valence-electron chi connectivity index (χ2n) is 8.67. The molecule has 2 aliphatic rings. The zero-order chi connectivity index (χ0) is 30.0. The van der Waals surface area contributed by atoms with Crippen molar-refractivity contribution in [1.29, 1.82) is 0 Å². The number of carboxylic acid groups (broad SMARTS) is 2. The van der Waals surface area contributed by atoms with Crippen molar-refractivity contribution in [2.24, 2.45) is 5.16 Å². The summed E-state index contributed by atoms with van der Waals surface area (Å²) in [5.41, 5.74) is 17.0. The van der Waals surface area contributed by atoms with E-state index in [4.69, 9.17) is 33.0 Å². The lowest BCUT2D eigenvalue weighted by atomic mass is 10.0. The van der Waals surface area contributed by atoms with Crippen LogP contribution in [0.2, 0.25) is 0 Å². The van der Waals surface area contributed by atoms with Gasteiger partial charge in [-0.15, -0.1) is 27.8 Å². The van der Waals surface area contributed by atoms with E-state index in [9.17, 15) is 24.3 Å². The van der Waals surface area contributed by atoms with E-state index >= 15 is 0 Å². The average molecular weight is 625 g/mol. The Hall–Kier alpha value is -4.30. The van der Waals surface area contributed by atoms with E-state index in [0.29, 0.717) is 5.57 Å². The minimum absolute atomic E-state index is 0.0509. The van der Waals surface area contributed by atoms with Gasteiger partial charge in [0.25, 0.3) is 11.8 Å². The number of anilines is 3. The highest BCUT2D eigenvalue weighted by molar-refractivity contribution is 8.01. The molecule has 0 aliphatic carbocycles. The van der Waals surface area contributed by atoms with Crippen LogP contribution in [-0.4, -0.2) is 78.5 Å². The van der Waals surface area contributed by atoms with Crippen LogP contribution < -0.4 is 38.1 Å². The first-order valence-electron chi connectivity index (χ1n) is 11.6. The van der Waals surface area contributed by atoms with Gasteiger partial charge in [0.2, 0.25) is 11.6 Å². The van der Waals surface area contributed by atoms with Crippen molar-refractivity contribution < 1.29 is 38.9 Å². The quantitative estimate of drug-likeness (QED) is 0.0277. The predicted molar refractivity (Wildman–Crippen MR) is 147 cm³/mol. The molecule has 1 fully saturated rings. The Kier molecular flexibility index (Phi) is 8.73. The molecule has 4 heterocycles. The third-order valence-electron chi connectivity index (χ3n) is 5.67. The SMILES string of the molecule is CC(CC(=O)O)O/N=C(\C(=O)NC1C(=O)N2C(C(=O)[O-])=C(CSc3nc(N)cc(N)[n+]3N)CS[C@H]12)c1csc(N)n1. The van der Waals surface area contributed by atoms with Crippen molar-refractivity contribution in [3.63, 3.8) is 0 Å². The summed E-state index contributed by atoms with van der Waals surface area (Å²) in [7, 11) is 0. The standard InChI is InChI=1S/C21H24N10O7S3/c1-7(2-12(32)33)38-29-13(9-6-40-20(24)26-9)16(34)28-14-17(35)30-15(19(36)37)8(4-39-18(14)30)5-41-21-27-10(22)3-11(23)31(21)25/h3,6-7,14,18H,2,4-5,25H2,1H3,(H8,22,23,24,26,28,32,33,34,36,37)/b29-13-/t7?,14?,18-/m1/s1. The van der Waals surface area contributed by atoms with Gasteiger partial charge in [0.15, 0.2) is 10.8 Å². The van der Waals surface area contributed by atoms with Gasteiger partial charge in [-0.2, -0.15) is 0 Å². The van der Waals surface area contributed by atoms with Crippen molar-refractivity contribution in [1.82, 2.24) is 20.2 Å². The van der Waals surface area contributed by atoms with Gasteiger partial charge < -0.3 is 42.4 Å². The molecule has 0 saturated carbocycles. The highest BCUT2D eigenvalue weighted by Crippen LogP contribution is 2.41. The molecule has 2 aliphatic heterocycles. The van der Waals surface area contributed by atoms with Crippen LogP contribution in [0.3, 0.4) is 0 Å². The fraction of sp³-hybridized carbons (Fsp3) is 0.333. The number of nitrogens with one attached hydrogen (secondary N) is 1. The number of nitrogens with two attached hydrogens (primary N) is 4. The number of nitrogen functional groups attached to an aromatic ring is 4. The molecular formula is C21H24N10O7S3. The molecule has 20 heteroatoms. The summed E-state index contributed by atoms with van der Waals surface area (Å²) < 4.78 is 1.10. The summed E-state index contributed by atoms with van der Waals surface area (Å²) in [6.45, 7) is 1.45. The maximum absolute atomic E-state index is 13.2. The predicted octanol–water partition coefficient (Wildman–Crippen LogP) is -2.93. The number of β-lactam (4-membered cyclic amide) rings is 1. The van der Waals surface area contributed by atoms with E-state index < -0.39 is 41.3 Å². The van der Waals surface area contributed by atoms with Crippen molar-refractivity contribution in [3.05, 3.63) is 28.4 Å². The van der Waals surface area contributed by atoms with E-state index in [-0.39, 0.29) is 57.0 Å². The van der Waals surface area contributed by atoms with Crippen LogP contribution in [0, 0.1) is 0 Å². The highest BCUT2D eigenvalue weighted by atomic mass is 32.2. The van der Waals surface area contributed by atoms with Crippen LogP contribution in [0.1, 0.15) is 19.0 Å². The molecule has 0 radical (unpaired) electrons. The molecule has 17 nitrogen and oxygen atoms in total. The number of aromatic nitrogens is 3. The summed E-state index contributed by atoms with van der Waals surface area (Å²) in [4.78, 5) is 63.6. The Labute approximate surface area is 243 Å². The summed E-state index contributed by atoms with van der Waals surface area (Å²) >= 11 is 3.33. The first-order chi connectivity index (χ1) is 19.4. The summed E-state index contributed by atoms with van der Waals surface area (Å²) in [6, 6.07) is 0.266. The van der Waals surface area contributed by atoms with E-state index in [1.54, 1.807) is 0 Å². The second-order valence-corrected chi connectivity index (χ2v) is 11.6. The minimum Gasteiger partial charge on any atom is -0.543 e. The highest BCUT2D eigenvalue weighted by Gasteiger charge is 2.53. The number of thioether (sulfide) groups is 2. The number of oxime groups is 1. The van der Waals surface area contributed by atoms with E-state index in [1.807, 2.05) is 0 Å². The molecule has 2 amide bonds. The minimum atomic E-state index is -1.56. The number of hydrogen-bond acceptors (Lipinski definition) is 16. The molecule has 41 heavy (non-hydrogen) atoms. The summed E-state index contributed by atoms with van der Waals surface area (Å²) in [5.74, 6) is 2.20. The van der Waals surface area contributed by atoms with Crippen molar-refractivity contribution in [3.8, 4) is 0 Å². The van der Waals surface area contributed by atoms with Crippen LogP contribution in [-0.2, 0) is 24.0 Å². The van der Waals surface area contributed by atoms with Crippen LogP contribution in [0.15, 0.2) is 33.0 Å². The van der Waals surface area contributed by atoms with Crippen molar-refractivity contribution in [2.75, 3.05) is 34.5 Å². The van der Waals surface area contributed by atoms with Crippen LogP contribution in [0.5, 0.6) is 0 Å². The number of carboxylic acids is 2. The zero-order valence-electron chi connectivity index (χ0n) is 21.2. The fourth-order valence-corrected chi connectivity index (χ4v) is 6.78. The molecule has 2 unspecified atom stereocenters. The lowest BCUT2D eigenvalue weighted by Crippen LogP contribution is -2.71. The molecule has 218 valence electrons. The van der Waals surface area contributed by atoms with Crippen molar-refractivity contribution in [2.45, 2.75) is 36.0 Å². The number of amides is 2. The van der Waals surface area contributed by atoms with Crippen molar-refractivity contribution >= 4 is 81.1 Å². The van der Waals surface area contributed by atoms with Gasteiger partial charge in [-0.05, 0) is 24.3 Å². The number of thiazole rings is 1. The molecule has 4 rings (SSSR count). The number of fused-ring (bicyclic) bond motifs is 1. The number of carbonyl (C=O) groups is 4. The number of aliphatic carboxylic acids is 2. The van der Waals surface area contributed by atoms with Gasteiger partial charge in [0, 0.05) is 16.9 Å². The number of carbonyl (C=O) groups excluding carboxylic acids is 3. The fourth-order valence-electron chi connectivity index (χ4n) is 3.80. The molecule has 10 N–H and O–H groups in total. The third-order valence-corrected chi connectivity index (χ3v) is 8.73. The lowest BCUT2D eigenvalue weighted by molar-refractivity contribution is -0.667. The molecule has 0 aromatic carbocycles. The second kappa shape index (κ2) is 12.1. The van der Waals surface area contributed by atoms with Gasteiger partial charge in [0.05, 0.1) is 24.2 Å². The normalized spacial score (nSPS) is 19.3. The molecule has 0 bridgehead atoms. The van der Waals surface area contributed by atoms with Crippen LogP contribution >= 0.6 is 34.9 Å². The maximum Gasteiger partial charge on any atom is 0.322 e.